The van der Waals surface area contributed by atoms with Gasteiger partial charge in [0.2, 0.25) is 0 Å². The van der Waals surface area contributed by atoms with Crippen molar-refractivity contribution < 1.29 is 22.7 Å². The molecule has 0 spiro atoms. The van der Waals surface area contributed by atoms with Crippen molar-refractivity contribution in [3.05, 3.63) is 118 Å². The summed E-state index contributed by atoms with van der Waals surface area (Å²) in [5, 5.41) is 0. The number of aryl methyl sites for hydroxylation is 1. The van der Waals surface area contributed by atoms with Gasteiger partial charge in [-0.15, -0.1) is 4.40 Å². The fraction of sp³-hybridized carbons (Fsp3) is 0.103. The number of hydrogen-bond acceptors (Lipinski definition) is 6. The molecule has 4 aromatic rings. The van der Waals surface area contributed by atoms with Gasteiger partial charge in [-0.3, -0.25) is 0 Å². The molecule has 1 aliphatic rings. The summed E-state index contributed by atoms with van der Waals surface area (Å²) in [6.45, 7) is 2.28. The lowest BCUT2D eigenvalue weighted by atomic mass is 10.1. The van der Waals surface area contributed by atoms with Crippen LogP contribution in [-0.4, -0.2) is 27.3 Å². The predicted octanol–water partition coefficient (Wildman–Crippen LogP) is 6.14. The number of carbonyl (C=O) groups is 1. The number of hydrogen-bond donors (Lipinski definition) is 0. The maximum atomic E-state index is 12.8. The number of fused-ring (bicyclic) bond motifs is 1. The van der Waals surface area contributed by atoms with Crippen molar-refractivity contribution in [3.63, 3.8) is 0 Å². The standard InChI is InChI=1S/C29H23BrN2O5S/c1-19-11-14-21(15-12-19)32(28-23-8-4-6-10-27(23)38(34,35)31-28)18-20-13-16-25(26(17-20)36-2)37-29(33)22-7-3-5-9-24(22)30/h3-17H,18H2,1-2H3. The topological polar surface area (TPSA) is 85.3 Å². The number of ether oxygens (including phenoxy) is 2. The van der Waals surface area contributed by atoms with Crippen LogP contribution in [0.1, 0.15) is 27.0 Å². The van der Waals surface area contributed by atoms with Gasteiger partial charge >= 0.3 is 5.97 Å². The minimum absolute atomic E-state index is 0.180. The van der Waals surface area contributed by atoms with Crippen LogP contribution in [0.2, 0.25) is 0 Å². The zero-order valence-corrected chi connectivity index (χ0v) is 23.0. The quantitative estimate of drug-likeness (QED) is 0.198. The number of sulfonamides is 1. The van der Waals surface area contributed by atoms with Gasteiger partial charge in [0.25, 0.3) is 10.0 Å². The predicted molar refractivity (Wildman–Crippen MR) is 150 cm³/mol. The second-order valence-corrected chi connectivity index (χ2v) is 11.1. The van der Waals surface area contributed by atoms with Crippen molar-refractivity contribution in [2.24, 2.45) is 4.40 Å². The summed E-state index contributed by atoms with van der Waals surface area (Å²) in [4.78, 5) is 14.8. The zero-order valence-electron chi connectivity index (χ0n) is 20.6. The van der Waals surface area contributed by atoms with E-state index in [4.69, 9.17) is 9.47 Å². The summed E-state index contributed by atoms with van der Waals surface area (Å²) in [5.41, 5.74) is 3.59. The Balaban J connectivity index is 1.50. The molecule has 0 N–H and O–H groups in total. The lowest BCUT2D eigenvalue weighted by Crippen LogP contribution is -2.30. The van der Waals surface area contributed by atoms with Crippen LogP contribution in [0.4, 0.5) is 5.69 Å². The summed E-state index contributed by atoms with van der Waals surface area (Å²) < 4.78 is 41.5. The normalized spacial score (nSPS) is 13.4. The first kappa shape index (κ1) is 25.7. The Morgan fingerprint density at radius 1 is 0.921 bits per heavy atom. The third-order valence-electron chi connectivity index (χ3n) is 6.08. The second-order valence-electron chi connectivity index (χ2n) is 8.66. The van der Waals surface area contributed by atoms with Gasteiger partial charge < -0.3 is 14.4 Å². The molecule has 5 rings (SSSR count). The Morgan fingerprint density at radius 2 is 1.63 bits per heavy atom. The van der Waals surface area contributed by atoms with E-state index in [2.05, 4.69) is 20.3 Å². The second kappa shape index (κ2) is 10.4. The fourth-order valence-electron chi connectivity index (χ4n) is 4.16. The highest BCUT2D eigenvalue weighted by Gasteiger charge is 2.32. The highest BCUT2D eigenvalue weighted by molar-refractivity contribution is 9.10. The van der Waals surface area contributed by atoms with Gasteiger partial charge in [-0.1, -0.05) is 48.0 Å². The molecule has 0 bridgehead atoms. The summed E-state index contributed by atoms with van der Waals surface area (Å²) >= 11 is 3.37. The highest BCUT2D eigenvalue weighted by Crippen LogP contribution is 2.34. The first-order valence-corrected chi connectivity index (χ1v) is 13.9. The van der Waals surface area contributed by atoms with Crippen LogP contribution in [0.5, 0.6) is 11.5 Å². The number of anilines is 1. The maximum absolute atomic E-state index is 12.8. The minimum atomic E-state index is -3.81. The Hall–Kier alpha value is -3.95. The van der Waals surface area contributed by atoms with Gasteiger partial charge in [0.1, 0.15) is 4.90 Å². The number of halogens is 1. The molecule has 38 heavy (non-hydrogen) atoms. The third kappa shape index (κ3) is 5.07. The van der Waals surface area contributed by atoms with Crippen molar-refractivity contribution in [2.45, 2.75) is 18.4 Å². The van der Waals surface area contributed by atoms with E-state index in [9.17, 15) is 13.2 Å². The Morgan fingerprint density at radius 3 is 2.37 bits per heavy atom. The maximum Gasteiger partial charge on any atom is 0.344 e. The number of amidine groups is 1. The van der Waals surface area contributed by atoms with Crippen LogP contribution in [0, 0.1) is 6.92 Å². The van der Waals surface area contributed by atoms with Gasteiger partial charge in [-0.05, 0) is 76.9 Å². The minimum Gasteiger partial charge on any atom is -0.493 e. The molecule has 0 aromatic heterocycles. The van der Waals surface area contributed by atoms with Crippen LogP contribution in [0.15, 0.2) is 105 Å². The van der Waals surface area contributed by atoms with Crippen LogP contribution in [0.25, 0.3) is 0 Å². The molecule has 4 aromatic carbocycles. The van der Waals surface area contributed by atoms with Crippen LogP contribution in [-0.2, 0) is 16.6 Å². The number of nitrogens with zero attached hydrogens (tertiary/aromatic N) is 2. The van der Waals surface area contributed by atoms with E-state index in [0.717, 1.165) is 16.8 Å². The Kier molecular flexibility index (Phi) is 7.05. The SMILES string of the molecule is COc1cc(CN(C2=NS(=O)(=O)c3ccccc32)c2ccc(C)cc2)ccc1OC(=O)c1ccccc1Br. The van der Waals surface area contributed by atoms with Crippen molar-refractivity contribution >= 4 is 43.4 Å². The molecule has 0 radical (unpaired) electrons. The largest absolute Gasteiger partial charge is 0.493 e. The molecule has 0 saturated carbocycles. The molecule has 9 heteroatoms. The molecule has 0 atom stereocenters. The molecule has 0 amide bonds. The number of benzene rings is 4. The summed E-state index contributed by atoms with van der Waals surface area (Å²) in [7, 11) is -2.31. The number of esters is 1. The molecule has 1 heterocycles. The van der Waals surface area contributed by atoms with E-state index >= 15 is 0 Å². The number of carbonyl (C=O) groups excluding carboxylic acids is 1. The molecule has 192 valence electrons. The Bertz CT molecular complexity index is 1670. The zero-order chi connectivity index (χ0) is 26.9. The van der Waals surface area contributed by atoms with E-state index in [0.29, 0.717) is 33.7 Å². The number of rotatable bonds is 6. The van der Waals surface area contributed by atoms with E-state index in [1.807, 2.05) is 48.2 Å². The summed E-state index contributed by atoms with van der Waals surface area (Å²) in [5.74, 6) is 0.456. The molecule has 0 fully saturated rings. The number of methoxy groups -OCH3 is 1. The van der Waals surface area contributed by atoms with Gasteiger partial charge in [0, 0.05) is 22.3 Å². The van der Waals surface area contributed by atoms with E-state index in [-0.39, 0.29) is 10.6 Å². The van der Waals surface area contributed by atoms with Crippen LogP contribution < -0.4 is 14.4 Å². The van der Waals surface area contributed by atoms with Crippen LogP contribution in [0.3, 0.4) is 0 Å². The van der Waals surface area contributed by atoms with Crippen molar-refractivity contribution in [1.29, 1.82) is 0 Å². The summed E-state index contributed by atoms with van der Waals surface area (Å²) in [6.07, 6.45) is 0. The van der Waals surface area contributed by atoms with Gasteiger partial charge in [-0.25, -0.2) is 4.79 Å². The lowest BCUT2D eigenvalue weighted by Gasteiger charge is -2.25. The molecular formula is C29H23BrN2O5S. The lowest BCUT2D eigenvalue weighted by molar-refractivity contribution is 0.0728. The average molecular weight is 591 g/mol. The summed E-state index contributed by atoms with van der Waals surface area (Å²) in [6, 6.07) is 26.8. The van der Waals surface area contributed by atoms with E-state index in [1.54, 1.807) is 54.6 Å². The van der Waals surface area contributed by atoms with Gasteiger partial charge in [0.05, 0.1) is 12.7 Å². The Labute approximate surface area is 229 Å². The van der Waals surface area contributed by atoms with Crippen molar-refractivity contribution in [1.82, 2.24) is 0 Å². The van der Waals surface area contributed by atoms with Gasteiger partial charge in [0.15, 0.2) is 17.3 Å². The van der Waals surface area contributed by atoms with Crippen molar-refractivity contribution in [2.75, 3.05) is 12.0 Å². The molecule has 7 nitrogen and oxygen atoms in total. The van der Waals surface area contributed by atoms with Crippen LogP contribution >= 0.6 is 15.9 Å². The molecule has 1 aliphatic heterocycles. The van der Waals surface area contributed by atoms with Crippen molar-refractivity contribution in [3.8, 4) is 11.5 Å². The average Bonchev–Trinajstić information content (AvgIpc) is 3.19. The highest BCUT2D eigenvalue weighted by atomic mass is 79.9. The molecule has 0 unspecified atom stereocenters. The van der Waals surface area contributed by atoms with Gasteiger partial charge in [-0.2, -0.15) is 8.42 Å². The first-order chi connectivity index (χ1) is 18.3. The fourth-order valence-corrected chi connectivity index (χ4v) is 5.81. The molecule has 0 saturated heterocycles. The first-order valence-electron chi connectivity index (χ1n) is 11.7. The molecular weight excluding hydrogens is 568 g/mol. The molecule has 0 aliphatic carbocycles. The van der Waals surface area contributed by atoms with E-state index < -0.39 is 16.0 Å². The van der Waals surface area contributed by atoms with E-state index in [1.165, 1.54) is 7.11 Å². The third-order valence-corrected chi connectivity index (χ3v) is 8.10. The smallest absolute Gasteiger partial charge is 0.344 e. The monoisotopic (exact) mass is 590 g/mol.